The van der Waals surface area contributed by atoms with Crippen molar-refractivity contribution in [2.24, 2.45) is 0 Å². The van der Waals surface area contributed by atoms with E-state index >= 15 is 0 Å². The largest absolute Gasteiger partial charge is 0.490 e. The Morgan fingerprint density at radius 2 is 1.82 bits per heavy atom. The van der Waals surface area contributed by atoms with Crippen molar-refractivity contribution >= 4 is 34.2 Å². The summed E-state index contributed by atoms with van der Waals surface area (Å²) in [6.45, 7) is 4.95. The van der Waals surface area contributed by atoms with Gasteiger partial charge in [-0.2, -0.15) is 0 Å². The molecule has 0 fully saturated rings. The van der Waals surface area contributed by atoms with Gasteiger partial charge in [-0.1, -0.05) is 43.5 Å². The molecule has 0 N–H and O–H groups in total. The first-order chi connectivity index (χ1) is 18.4. The lowest BCUT2D eigenvalue weighted by Gasteiger charge is -2.26. The van der Waals surface area contributed by atoms with Gasteiger partial charge in [0.2, 0.25) is 5.76 Å². The third kappa shape index (κ3) is 4.74. The number of nitrogens with zero attached hydrogens (tertiary/aromatic N) is 1. The lowest BCUT2D eigenvalue weighted by molar-refractivity contribution is 0.0971. The van der Waals surface area contributed by atoms with Crippen LogP contribution >= 0.6 is 11.6 Å². The number of amides is 1. The molecule has 0 spiro atoms. The second-order valence-corrected chi connectivity index (χ2v) is 9.50. The lowest BCUT2D eigenvalue weighted by Crippen LogP contribution is -2.29. The molecule has 1 amide bonds. The van der Waals surface area contributed by atoms with Crippen molar-refractivity contribution in [2.45, 2.75) is 39.2 Å². The number of halogens is 2. The van der Waals surface area contributed by atoms with Crippen LogP contribution in [0.25, 0.3) is 11.0 Å². The van der Waals surface area contributed by atoms with Gasteiger partial charge in [-0.15, -0.1) is 0 Å². The molecular formula is C30H27ClFNO5. The molecule has 1 atom stereocenters. The monoisotopic (exact) mass is 535 g/mol. The average molecular weight is 536 g/mol. The van der Waals surface area contributed by atoms with Crippen molar-refractivity contribution in [3.63, 3.8) is 0 Å². The first kappa shape index (κ1) is 25.8. The summed E-state index contributed by atoms with van der Waals surface area (Å²) >= 11 is 6.27. The highest BCUT2D eigenvalue weighted by atomic mass is 35.5. The molecule has 0 saturated heterocycles. The van der Waals surface area contributed by atoms with Gasteiger partial charge in [-0.05, 0) is 67.4 Å². The molecule has 0 saturated carbocycles. The first-order valence-electron chi connectivity index (χ1n) is 12.7. The predicted octanol–water partition coefficient (Wildman–Crippen LogP) is 7.30. The Balaban J connectivity index is 1.68. The zero-order valence-corrected chi connectivity index (χ0v) is 21.9. The van der Waals surface area contributed by atoms with Crippen molar-refractivity contribution in [3.05, 3.63) is 98.6 Å². The summed E-state index contributed by atoms with van der Waals surface area (Å²) in [5.74, 6) is -0.0613. The van der Waals surface area contributed by atoms with Gasteiger partial charge >= 0.3 is 0 Å². The van der Waals surface area contributed by atoms with Gasteiger partial charge in [0.15, 0.2) is 16.9 Å². The van der Waals surface area contributed by atoms with Gasteiger partial charge < -0.3 is 13.9 Å². The molecule has 196 valence electrons. The molecule has 0 bridgehead atoms. The highest BCUT2D eigenvalue weighted by Gasteiger charge is 2.44. The van der Waals surface area contributed by atoms with Crippen LogP contribution in [0.15, 0.2) is 69.9 Å². The average Bonchev–Trinajstić information content (AvgIpc) is 3.20. The molecule has 8 heteroatoms. The third-order valence-electron chi connectivity index (χ3n) is 6.51. The number of fused-ring (bicyclic) bond motifs is 2. The number of benzene rings is 3. The maximum atomic E-state index is 14.1. The van der Waals surface area contributed by atoms with E-state index in [0.29, 0.717) is 41.0 Å². The van der Waals surface area contributed by atoms with Crippen LogP contribution in [0.3, 0.4) is 0 Å². The Kier molecular flexibility index (Phi) is 7.38. The van der Waals surface area contributed by atoms with Crippen LogP contribution in [0.5, 0.6) is 11.5 Å². The zero-order chi connectivity index (χ0) is 26.8. The molecule has 1 aliphatic heterocycles. The fraction of sp³-hybridized carbons (Fsp3) is 0.267. The number of carbonyl (C=O) groups excluding carboxylic acids is 1. The minimum Gasteiger partial charge on any atom is -0.490 e. The Morgan fingerprint density at radius 1 is 0.974 bits per heavy atom. The van der Waals surface area contributed by atoms with Crippen LogP contribution in [-0.2, 0) is 0 Å². The molecule has 38 heavy (non-hydrogen) atoms. The smallest absolute Gasteiger partial charge is 0.295 e. The minimum absolute atomic E-state index is 0.0652. The number of rotatable bonds is 9. The van der Waals surface area contributed by atoms with Crippen molar-refractivity contribution < 1.29 is 23.1 Å². The standard InChI is InChI=1S/C30H27ClFNO5/c1-3-5-6-14-37-24-12-10-18(15-25(24)36-4-2)27-26-28(34)22-17-20(32)11-13-23(22)38-29(26)30(35)33(27)21-9-7-8-19(31)16-21/h7-13,15-17,27H,3-6,14H2,1-2H3. The summed E-state index contributed by atoms with van der Waals surface area (Å²) in [7, 11) is 0. The molecule has 1 aromatic heterocycles. The minimum atomic E-state index is -0.853. The fourth-order valence-electron chi connectivity index (χ4n) is 4.77. The number of anilines is 1. The summed E-state index contributed by atoms with van der Waals surface area (Å²) in [5.41, 5.74) is 0.908. The second kappa shape index (κ2) is 10.9. The van der Waals surface area contributed by atoms with Crippen LogP contribution < -0.4 is 19.8 Å². The number of hydrogen-bond donors (Lipinski definition) is 0. The van der Waals surface area contributed by atoms with E-state index in [2.05, 4.69) is 6.92 Å². The maximum absolute atomic E-state index is 14.1. The summed E-state index contributed by atoms with van der Waals surface area (Å²) < 4.78 is 31.9. The van der Waals surface area contributed by atoms with E-state index in [-0.39, 0.29) is 22.3 Å². The molecule has 4 aromatic rings. The van der Waals surface area contributed by atoms with Gasteiger partial charge in [0.05, 0.1) is 30.2 Å². The van der Waals surface area contributed by atoms with E-state index in [0.717, 1.165) is 25.3 Å². The molecule has 2 heterocycles. The van der Waals surface area contributed by atoms with E-state index in [9.17, 15) is 14.0 Å². The molecule has 0 radical (unpaired) electrons. The Morgan fingerprint density at radius 3 is 2.58 bits per heavy atom. The van der Waals surface area contributed by atoms with Crippen molar-refractivity contribution in [3.8, 4) is 11.5 Å². The number of hydrogen-bond acceptors (Lipinski definition) is 5. The molecule has 0 aliphatic carbocycles. The summed E-state index contributed by atoms with van der Waals surface area (Å²) in [6.07, 6.45) is 3.06. The molecule has 1 unspecified atom stereocenters. The van der Waals surface area contributed by atoms with Gasteiger partial charge in [-0.3, -0.25) is 14.5 Å². The summed E-state index contributed by atoms with van der Waals surface area (Å²) in [4.78, 5) is 29.0. The Bertz CT molecular complexity index is 1570. The van der Waals surface area contributed by atoms with Gasteiger partial charge in [0.1, 0.15) is 11.4 Å². The first-order valence-corrected chi connectivity index (χ1v) is 13.1. The van der Waals surface area contributed by atoms with Crippen LogP contribution in [0.2, 0.25) is 5.02 Å². The zero-order valence-electron chi connectivity index (χ0n) is 21.1. The van der Waals surface area contributed by atoms with Gasteiger partial charge in [0, 0.05) is 10.7 Å². The summed E-state index contributed by atoms with van der Waals surface area (Å²) in [6, 6.07) is 15.0. The van der Waals surface area contributed by atoms with E-state index in [4.69, 9.17) is 25.5 Å². The maximum Gasteiger partial charge on any atom is 0.295 e. The third-order valence-corrected chi connectivity index (χ3v) is 6.74. The van der Waals surface area contributed by atoms with Crippen LogP contribution in [0.4, 0.5) is 10.1 Å². The van der Waals surface area contributed by atoms with Crippen LogP contribution in [0.1, 0.15) is 60.8 Å². The molecule has 1 aliphatic rings. The summed E-state index contributed by atoms with van der Waals surface area (Å²) in [5, 5.41) is 0.498. The van der Waals surface area contributed by atoms with E-state index < -0.39 is 23.2 Å². The van der Waals surface area contributed by atoms with Crippen LogP contribution in [0, 0.1) is 5.82 Å². The fourth-order valence-corrected chi connectivity index (χ4v) is 4.95. The van der Waals surface area contributed by atoms with Crippen molar-refractivity contribution in [2.75, 3.05) is 18.1 Å². The molecule has 5 rings (SSSR count). The SMILES string of the molecule is CCCCCOc1ccc(C2c3c(oc4ccc(F)cc4c3=O)C(=O)N2c2cccc(Cl)c2)cc1OCC. The predicted molar refractivity (Wildman–Crippen MR) is 145 cm³/mol. The number of carbonyl (C=O) groups is 1. The molecular weight excluding hydrogens is 509 g/mol. The van der Waals surface area contributed by atoms with Crippen molar-refractivity contribution in [1.82, 2.24) is 0 Å². The van der Waals surface area contributed by atoms with E-state index in [1.165, 1.54) is 17.0 Å². The number of unbranched alkanes of at least 4 members (excludes halogenated alkanes) is 2. The van der Waals surface area contributed by atoms with Gasteiger partial charge in [-0.25, -0.2) is 4.39 Å². The quantitative estimate of drug-likeness (QED) is 0.210. The highest BCUT2D eigenvalue weighted by Crippen LogP contribution is 2.43. The van der Waals surface area contributed by atoms with Crippen LogP contribution in [-0.4, -0.2) is 19.1 Å². The Labute approximate surface area is 224 Å². The van der Waals surface area contributed by atoms with E-state index in [1.807, 2.05) is 6.92 Å². The highest BCUT2D eigenvalue weighted by molar-refractivity contribution is 6.31. The lowest BCUT2D eigenvalue weighted by atomic mass is 9.97. The van der Waals surface area contributed by atoms with Crippen molar-refractivity contribution in [1.29, 1.82) is 0 Å². The van der Waals surface area contributed by atoms with Gasteiger partial charge in [0.25, 0.3) is 5.91 Å². The normalized spacial score (nSPS) is 14.7. The molecule has 6 nitrogen and oxygen atoms in total. The number of ether oxygens (including phenoxy) is 2. The van der Waals surface area contributed by atoms with E-state index in [1.54, 1.807) is 42.5 Å². The Hall–Kier alpha value is -3.84. The second-order valence-electron chi connectivity index (χ2n) is 9.07. The molecule has 3 aromatic carbocycles. The topological polar surface area (TPSA) is 69.0 Å².